The van der Waals surface area contributed by atoms with E-state index >= 15 is 0 Å². The highest BCUT2D eigenvalue weighted by Crippen LogP contribution is 2.26. The van der Waals surface area contributed by atoms with Crippen molar-refractivity contribution in [2.45, 2.75) is 39.7 Å². The van der Waals surface area contributed by atoms with Crippen LogP contribution in [0.2, 0.25) is 0 Å². The van der Waals surface area contributed by atoms with Crippen molar-refractivity contribution in [1.29, 1.82) is 0 Å². The summed E-state index contributed by atoms with van der Waals surface area (Å²) in [6, 6.07) is 0. The van der Waals surface area contributed by atoms with E-state index in [9.17, 15) is 9.59 Å². The van der Waals surface area contributed by atoms with Gasteiger partial charge >= 0.3 is 0 Å². The Hall–Kier alpha value is -1.10. The lowest BCUT2D eigenvalue weighted by atomic mass is 10.1. The Labute approximate surface area is 121 Å². The van der Waals surface area contributed by atoms with Gasteiger partial charge in [-0.05, 0) is 27.7 Å². The van der Waals surface area contributed by atoms with E-state index in [-0.39, 0.29) is 23.3 Å². The predicted octanol–water partition coefficient (Wildman–Crippen LogP) is -0.620. The van der Waals surface area contributed by atoms with Crippen LogP contribution in [0.3, 0.4) is 0 Å². The fourth-order valence-electron chi connectivity index (χ4n) is 3.18. The quantitative estimate of drug-likeness (QED) is 0.734. The zero-order valence-electron chi connectivity index (χ0n) is 13.2. The van der Waals surface area contributed by atoms with Crippen LogP contribution in [0.1, 0.15) is 34.1 Å². The molecule has 5 nitrogen and oxygen atoms in total. The molecule has 0 radical (unpaired) electrons. The van der Waals surface area contributed by atoms with Gasteiger partial charge in [-0.1, -0.05) is 0 Å². The van der Waals surface area contributed by atoms with Gasteiger partial charge in [0.05, 0.1) is 38.6 Å². The first-order valence-electron chi connectivity index (χ1n) is 7.75. The number of quaternary nitrogens is 1. The first-order valence-corrected chi connectivity index (χ1v) is 7.75. The number of nitrogens with one attached hydrogen (secondary N) is 1. The van der Waals surface area contributed by atoms with E-state index in [1.165, 1.54) is 0 Å². The molecule has 20 heavy (non-hydrogen) atoms. The lowest BCUT2D eigenvalue weighted by Gasteiger charge is -2.34. The Morgan fingerprint density at radius 1 is 1.30 bits per heavy atom. The van der Waals surface area contributed by atoms with Crippen LogP contribution in [0.15, 0.2) is 0 Å². The number of piperazine rings is 1. The molecular weight excluding hydrogens is 254 g/mol. The third-order valence-corrected chi connectivity index (χ3v) is 4.57. The SMILES string of the molecule is CC[NH+]1CCN(C(=O)[C@@H]2CC(=O)N(C(C)(C)C)C2)CC1. The number of hydrogen-bond acceptors (Lipinski definition) is 2. The fourth-order valence-corrected chi connectivity index (χ4v) is 3.18. The molecule has 0 saturated carbocycles. The number of nitrogens with zero attached hydrogens (tertiary/aromatic N) is 2. The summed E-state index contributed by atoms with van der Waals surface area (Å²) in [5.41, 5.74) is -0.183. The van der Waals surface area contributed by atoms with Gasteiger partial charge in [0.25, 0.3) is 0 Å². The zero-order chi connectivity index (χ0) is 14.9. The van der Waals surface area contributed by atoms with Crippen LogP contribution in [0.25, 0.3) is 0 Å². The highest BCUT2D eigenvalue weighted by molar-refractivity contribution is 5.89. The number of amides is 2. The van der Waals surface area contributed by atoms with Crippen LogP contribution in [0.5, 0.6) is 0 Å². The second-order valence-electron chi connectivity index (χ2n) is 7.01. The van der Waals surface area contributed by atoms with E-state index in [0.717, 1.165) is 32.7 Å². The minimum atomic E-state index is -0.183. The summed E-state index contributed by atoms with van der Waals surface area (Å²) in [7, 11) is 0. The van der Waals surface area contributed by atoms with Gasteiger partial charge in [0.15, 0.2) is 0 Å². The highest BCUT2D eigenvalue weighted by Gasteiger charge is 2.41. The first kappa shape index (κ1) is 15.3. The molecule has 114 valence electrons. The van der Waals surface area contributed by atoms with Crippen molar-refractivity contribution >= 4 is 11.8 Å². The van der Waals surface area contributed by atoms with Gasteiger partial charge in [-0.3, -0.25) is 9.59 Å². The molecule has 0 aromatic heterocycles. The molecule has 0 aliphatic carbocycles. The molecule has 0 unspecified atom stereocenters. The molecule has 1 N–H and O–H groups in total. The standard InChI is InChI=1S/C15H27N3O2/c1-5-16-6-8-17(9-7-16)14(20)12-10-13(19)18(11-12)15(2,3)4/h12H,5-11H2,1-4H3/p+1/t12-/m1/s1. The molecule has 5 heteroatoms. The maximum Gasteiger partial charge on any atom is 0.228 e. The number of carbonyl (C=O) groups is 2. The maximum absolute atomic E-state index is 12.6. The minimum Gasteiger partial charge on any atom is -0.337 e. The van der Waals surface area contributed by atoms with E-state index in [4.69, 9.17) is 0 Å². The summed E-state index contributed by atoms with van der Waals surface area (Å²) >= 11 is 0. The number of rotatable bonds is 2. The minimum absolute atomic E-state index is 0.119. The number of likely N-dealkylation sites (tertiary alicyclic amines) is 1. The molecule has 2 aliphatic heterocycles. The second kappa shape index (κ2) is 5.72. The van der Waals surface area contributed by atoms with Crippen LogP contribution in [-0.4, -0.2) is 66.4 Å². The van der Waals surface area contributed by atoms with Gasteiger partial charge in [-0.15, -0.1) is 0 Å². The molecule has 2 saturated heterocycles. The molecule has 0 aromatic carbocycles. The highest BCUT2D eigenvalue weighted by atomic mass is 16.2. The summed E-state index contributed by atoms with van der Waals surface area (Å²) in [5, 5.41) is 0. The molecule has 0 spiro atoms. The summed E-state index contributed by atoms with van der Waals surface area (Å²) in [6.07, 6.45) is 0.386. The van der Waals surface area contributed by atoms with Crippen LogP contribution in [0, 0.1) is 5.92 Å². The van der Waals surface area contributed by atoms with Crippen LogP contribution >= 0.6 is 0 Å². The topological polar surface area (TPSA) is 45.1 Å². The predicted molar refractivity (Wildman–Crippen MR) is 77.4 cm³/mol. The summed E-state index contributed by atoms with van der Waals surface area (Å²) in [4.78, 5) is 30.0. The van der Waals surface area contributed by atoms with Crippen LogP contribution in [-0.2, 0) is 9.59 Å². The Balaban J connectivity index is 1.93. The van der Waals surface area contributed by atoms with Gasteiger partial charge in [0.2, 0.25) is 11.8 Å². The van der Waals surface area contributed by atoms with E-state index in [1.807, 2.05) is 30.6 Å². The molecule has 2 rings (SSSR count). The van der Waals surface area contributed by atoms with Gasteiger partial charge < -0.3 is 14.7 Å². The lowest BCUT2D eigenvalue weighted by Crippen LogP contribution is -3.14. The van der Waals surface area contributed by atoms with Crippen molar-refractivity contribution in [3.63, 3.8) is 0 Å². The summed E-state index contributed by atoms with van der Waals surface area (Å²) in [5.74, 6) is 0.166. The maximum atomic E-state index is 12.6. The van der Waals surface area contributed by atoms with Crippen molar-refractivity contribution in [2.75, 3.05) is 39.3 Å². The molecule has 2 heterocycles. The van der Waals surface area contributed by atoms with E-state index in [2.05, 4.69) is 6.92 Å². The monoisotopic (exact) mass is 282 g/mol. The van der Waals surface area contributed by atoms with Crippen molar-refractivity contribution < 1.29 is 14.5 Å². The van der Waals surface area contributed by atoms with Crippen LogP contribution < -0.4 is 4.90 Å². The van der Waals surface area contributed by atoms with Gasteiger partial charge in [-0.2, -0.15) is 0 Å². The molecule has 1 atom stereocenters. The normalized spacial score (nSPS) is 25.4. The number of hydrogen-bond donors (Lipinski definition) is 1. The zero-order valence-corrected chi connectivity index (χ0v) is 13.2. The Morgan fingerprint density at radius 2 is 1.90 bits per heavy atom. The van der Waals surface area contributed by atoms with Crippen molar-refractivity contribution in [3.05, 3.63) is 0 Å². The van der Waals surface area contributed by atoms with Gasteiger partial charge in [0.1, 0.15) is 0 Å². The van der Waals surface area contributed by atoms with Crippen molar-refractivity contribution in [2.24, 2.45) is 5.92 Å². The largest absolute Gasteiger partial charge is 0.337 e. The van der Waals surface area contributed by atoms with Gasteiger partial charge in [0, 0.05) is 18.5 Å². The Bertz CT molecular complexity index is 381. The molecule has 0 aromatic rings. The van der Waals surface area contributed by atoms with E-state index in [0.29, 0.717) is 13.0 Å². The van der Waals surface area contributed by atoms with Crippen molar-refractivity contribution in [1.82, 2.24) is 9.80 Å². The fraction of sp³-hybridized carbons (Fsp3) is 0.867. The number of carbonyl (C=O) groups excluding carboxylic acids is 2. The lowest BCUT2D eigenvalue weighted by molar-refractivity contribution is -0.902. The second-order valence-corrected chi connectivity index (χ2v) is 7.01. The molecule has 2 fully saturated rings. The third kappa shape index (κ3) is 3.14. The Morgan fingerprint density at radius 3 is 2.35 bits per heavy atom. The molecule has 2 amide bonds. The van der Waals surface area contributed by atoms with E-state index < -0.39 is 0 Å². The van der Waals surface area contributed by atoms with Gasteiger partial charge in [-0.25, -0.2) is 0 Å². The van der Waals surface area contributed by atoms with Crippen LogP contribution in [0.4, 0.5) is 0 Å². The average Bonchev–Trinajstić information content (AvgIpc) is 2.80. The molecule has 0 bridgehead atoms. The first-order chi connectivity index (χ1) is 9.32. The van der Waals surface area contributed by atoms with Crippen molar-refractivity contribution in [3.8, 4) is 0 Å². The smallest absolute Gasteiger partial charge is 0.228 e. The third-order valence-electron chi connectivity index (χ3n) is 4.57. The average molecular weight is 282 g/mol. The number of likely N-dealkylation sites (N-methyl/N-ethyl adjacent to an activating group) is 1. The Kier molecular flexibility index (Phi) is 4.37. The molecular formula is C15H28N3O2+. The summed E-state index contributed by atoms with van der Waals surface area (Å²) in [6.45, 7) is 13.7. The van der Waals surface area contributed by atoms with E-state index in [1.54, 1.807) is 4.90 Å². The summed E-state index contributed by atoms with van der Waals surface area (Å²) < 4.78 is 0. The molecule has 2 aliphatic rings.